The van der Waals surface area contributed by atoms with E-state index in [1.54, 1.807) is 14.0 Å². The Bertz CT molecular complexity index is 896. The Morgan fingerprint density at radius 2 is 2.00 bits per heavy atom. The quantitative estimate of drug-likeness (QED) is 0.590. The second kappa shape index (κ2) is 8.71. The van der Waals surface area contributed by atoms with E-state index in [-0.39, 0.29) is 12.4 Å². The SMILES string of the molecule is CCOC(=O)CC1OC(c2cccc(OC)c2C)c2cc(C)ccc2NC1=S. The highest BCUT2D eigenvalue weighted by Crippen LogP contribution is 2.39. The van der Waals surface area contributed by atoms with Crippen molar-refractivity contribution in [3.8, 4) is 5.75 Å². The van der Waals surface area contributed by atoms with E-state index in [0.717, 1.165) is 33.7 Å². The van der Waals surface area contributed by atoms with E-state index in [0.29, 0.717) is 11.6 Å². The zero-order valence-electron chi connectivity index (χ0n) is 16.6. The average molecular weight is 400 g/mol. The molecule has 0 fully saturated rings. The van der Waals surface area contributed by atoms with Gasteiger partial charge in [0.05, 0.1) is 20.1 Å². The molecule has 0 aromatic heterocycles. The fraction of sp³-hybridized carbons (Fsp3) is 0.364. The number of benzene rings is 2. The molecule has 5 nitrogen and oxygen atoms in total. The van der Waals surface area contributed by atoms with E-state index < -0.39 is 12.2 Å². The van der Waals surface area contributed by atoms with Gasteiger partial charge in [0.2, 0.25) is 0 Å². The van der Waals surface area contributed by atoms with E-state index in [9.17, 15) is 4.79 Å². The summed E-state index contributed by atoms with van der Waals surface area (Å²) in [5.41, 5.74) is 4.94. The molecular weight excluding hydrogens is 374 g/mol. The lowest BCUT2D eigenvalue weighted by molar-refractivity contribution is -0.145. The van der Waals surface area contributed by atoms with Crippen LogP contribution in [-0.4, -0.2) is 30.8 Å². The second-order valence-electron chi connectivity index (χ2n) is 6.77. The van der Waals surface area contributed by atoms with Gasteiger partial charge in [-0.2, -0.15) is 0 Å². The Hall–Kier alpha value is -2.44. The largest absolute Gasteiger partial charge is 0.496 e. The first-order valence-corrected chi connectivity index (χ1v) is 9.71. The number of anilines is 1. The first-order chi connectivity index (χ1) is 13.4. The number of aryl methyl sites for hydroxylation is 1. The summed E-state index contributed by atoms with van der Waals surface area (Å²) < 4.78 is 17.0. The topological polar surface area (TPSA) is 56.8 Å². The molecule has 0 amide bonds. The molecule has 0 saturated carbocycles. The van der Waals surface area contributed by atoms with Gasteiger partial charge in [0, 0.05) is 11.3 Å². The molecule has 2 atom stereocenters. The number of hydrogen-bond donors (Lipinski definition) is 1. The number of carbonyl (C=O) groups is 1. The van der Waals surface area contributed by atoms with E-state index in [4.69, 9.17) is 26.4 Å². The number of thiocarbonyl (C=S) groups is 1. The Kier molecular flexibility index (Phi) is 6.31. The van der Waals surface area contributed by atoms with Crippen LogP contribution in [0.2, 0.25) is 0 Å². The molecule has 2 unspecified atom stereocenters. The van der Waals surface area contributed by atoms with Crippen LogP contribution in [0.25, 0.3) is 0 Å². The van der Waals surface area contributed by atoms with Crippen LogP contribution in [-0.2, 0) is 14.3 Å². The summed E-state index contributed by atoms with van der Waals surface area (Å²) in [6.07, 6.45) is -0.915. The zero-order valence-corrected chi connectivity index (χ0v) is 17.4. The molecule has 0 radical (unpaired) electrons. The molecule has 1 N–H and O–H groups in total. The van der Waals surface area contributed by atoms with Gasteiger partial charge in [0.15, 0.2) is 0 Å². The van der Waals surface area contributed by atoms with Gasteiger partial charge in [-0.25, -0.2) is 0 Å². The van der Waals surface area contributed by atoms with E-state index in [1.807, 2.05) is 44.2 Å². The zero-order chi connectivity index (χ0) is 20.3. The molecule has 28 heavy (non-hydrogen) atoms. The smallest absolute Gasteiger partial charge is 0.308 e. The minimum absolute atomic E-state index is 0.0617. The van der Waals surface area contributed by atoms with E-state index in [1.165, 1.54) is 0 Å². The van der Waals surface area contributed by atoms with Crippen LogP contribution in [0.3, 0.4) is 0 Å². The normalized spacial score (nSPS) is 18.6. The summed E-state index contributed by atoms with van der Waals surface area (Å²) in [4.78, 5) is 12.6. The monoisotopic (exact) mass is 399 g/mol. The maximum Gasteiger partial charge on any atom is 0.308 e. The van der Waals surface area contributed by atoms with Crippen LogP contribution in [0.4, 0.5) is 5.69 Å². The van der Waals surface area contributed by atoms with Crippen LogP contribution in [0.1, 0.15) is 41.7 Å². The molecule has 6 heteroatoms. The Morgan fingerprint density at radius 3 is 2.71 bits per heavy atom. The van der Waals surface area contributed by atoms with E-state index >= 15 is 0 Å². The highest BCUT2D eigenvalue weighted by atomic mass is 32.1. The lowest BCUT2D eigenvalue weighted by Crippen LogP contribution is -2.31. The van der Waals surface area contributed by atoms with Crippen molar-refractivity contribution in [2.45, 2.75) is 39.4 Å². The number of rotatable bonds is 5. The molecule has 2 aromatic carbocycles. The van der Waals surface area contributed by atoms with Gasteiger partial charge < -0.3 is 19.5 Å². The Morgan fingerprint density at radius 1 is 1.21 bits per heavy atom. The number of ether oxygens (including phenoxy) is 3. The third kappa shape index (κ3) is 4.18. The number of hydrogen-bond acceptors (Lipinski definition) is 5. The number of carbonyl (C=O) groups excluding carboxylic acids is 1. The van der Waals surface area contributed by atoms with Gasteiger partial charge in [0.25, 0.3) is 0 Å². The van der Waals surface area contributed by atoms with Crippen molar-refractivity contribution in [1.29, 1.82) is 0 Å². The van der Waals surface area contributed by atoms with Crippen LogP contribution >= 0.6 is 12.2 Å². The van der Waals surface area contributed by atoms with Crippen LogP contribution in [0.5, 0.6) is 5.75 Å². The van der Waals surface area contributed by atoms with Crippen molar-refractivity contribution in [3.63, 3.8) is 0 Å². The molecule has 0 bridgehead atoms. The van der Waals surface area contributed by atoms with Crippen molar-refractivity contribution in [3.05, 3.63) is 58.7 Å². The molecule has 1 aliphatic heterocycles. The van der Waals surface area contributed by atoms with Crippen LogP contribution in [0.15, 0.2) is 36.4 Å². The molecule has 148 valence electrons. The molecule has 2 aromatic rings. The molecular formula is C22H25NO4S. The first kappa shape index (κ1) is 20.3. The Balaban J connectivity index is 2.08. The summed E-state index contributed by atoms with van der Waals surface area (Å²) in [7, 11) is 1.65. The number of fused-ring (bicyclic) bond motifs is 1. The standard InChI is InChI=1S/C22H25NO4S/c1-5-26-20(24)12-19-22(28)23-17-10-9-13(2)11-16(17)21(27-19)15-7-6-8-18(25-4)14(15)3/h6-11,19,21H,5,12H2,1-4H3,(H,23,28). The van der Waals surface area contributed by atoms with Crippen LogP contribution in [0, 0.1) is 13.8 Å². The lowest BCUT2D eigenvalue weighted by Gasteiger charge is -2.24. The summed E-state index contributed by atoms with van der Waals surface area (Å²) in [6, 6.07) is 12.0. The van der Waals surface area contributed by atoms with Crippen molar-refractivity contribution in [1.82, 2.24) is 0 Å². The second-order valence-corrected chi connectivity index (χ2v) is 7.21. The summed E-state index contributed by atoms with van der Waals surface area (Å²) in [5, 5.41) is 3.26. The highest BCUT2D eigenvalue weighted by molar-refractivity contribution is 7.80. The van der Waals surface area contributed by atoms with Gasteiger partial charge in [0.1, 0.15) is 22.9 Å². The predicted molar refractivity (Wildman–Crippen MR) is 113 cm³/mol. The fourth-order valence-electron chi connectivity index (χ4n) is 3.42. The van der Waals surface area contributed by atoms with Crippen molar-refractivity contribution in [2.24, 2.45) is 0 Å². The molecule has 3 rings (SSSR count). The van der Waals surface area contributed by atoms with E-state index in [2.05, 4.69) is 11.4 Å². The Labute approximate surface area is 171 Å². The predicted octanol–water partition coefficient (Wildman–Crippen LogP) is 4.49. The third-order valence-corrected chi connectivity index (χ3v) is 5.19. The minimum atomic E-state index is -0.586. The molecule has 0 spiro atoms. The summed E-state index contributed by atoms with van der Waals surface area (Å²) >= 11 is 5.54. The van der Waals surface area contributed by atoms with Crippen molar-refractivity contribution in [2.75, 3.05) is 19.0 Å². The molecule has 1 heterocycles. The number of nitrogens with one attached hydrogen (secondary N) is 1. The first-order valence-electron chi connectivity index (χ1n) is 9.30. The third-order valence-electron chi connectivity index (χ3n) is 4.83. The van der Waals surface area contributed by atoms with Gasteiger partial charge >= 0.3 is 5.97 Å². The summed E-state index contributed by atoms with van der Waals surface area (Å²) in [5.74, 6) is 0.455. The number of esters is 1. The maximum atomic E-state index is 12.1. The highest BCUT2D eigenvalue weighted by Gasteiger charge is 2.32. The maximum absolute atomic E-state index is 12.1. The van der Waals surface area contributed by atoms with Gasteiger partial charge in [-0.3, -0.25) is 4.79 Å². The number of methoxy groups -OCH3 is 1. The van der Waals surface area contributed by atoms with Gasteiger partial charge in [-0.05, 0) is 44.0 Å². The average Bonchev–Trinajstić information content (AvgIpc) is 2.79. The van der Waals surface area contributed by atoms with Gasteiger partial charge in [-0.1, -0.05) is 42.0 Å². The fourth-order valence-corrected chi connectivity index (χ4v) is 3.66. The molecule has 0 saturated heterocycles. The lowest BCUT2D eigenvalue weighted by atomic mass is 9.94. The van der Waals surface area contributed by atoms with Crippen molar-refractivity contribution < 1.29 is 19.0 Å². The van der Waals surface area contributed by atoms with Crippen molar-refractivity contribution >= 4 is 28.9 Å². The molecule has 1 aliphatic rings. The van der Waals surface area contributed by atoms with Gasteiger partial charge in [-0.15, -0.1) is 0 Å². The summed E-state index contributed by atoms with van der Waals surface area (Å²) in [6.45, 7) is 6.14. The van der Waals surface area contributed by atoms with Crippen LogP contribution < -0.4 is 10.1 Å². The molecule has 0 aliphatic carbocycles. The minimum Gasteiger partial charge on any atom is -0.496 e.